The van der Waals surface area contributed by atoms with E-state index in [4.69, 9.17) is 4.42 Å². The minimum absolute atomic E-state index is 0.00525. The summed E-state index contributed by atoms with van der Waals surface area (Å²) in [6, 6.07) is 11.8. The van der Waals surface area contributed by atoms with Crippen LogP contribution in [0.1, 0.15) is 37.5 Å². The summed E-state index contributed by atoms with van der Waals surface area (Å²) in [5, 5.41) is 3.10. The maximum absolute atomic E-state index is 12.9. The Bertz CT molecular complexity index is 847. The first-order valence-electron chi connectivity index (χ1n) is 10.7. The van der Waals surface area contributed by atoms with E-state index in [0.29, 0.717) is 13.1 Å². The molecule has 7 heteroatoms. The van der Waals surface area contributed by atoms with E-state index in [2.05, 4.69) is 10.2 Å². The minimum Gasteiger partial charge on any atom is -0.468 e. The average molecular weight is 428 g/mol. The molecule has 2 aliphatic rings. The summed E-state index contributed by atoms with van der Waals surface area (Å²) in [4.78, 5) is 30.7. The molecule has 1 aromatic carbocycles. The van der Waals surface area contributed by atoms with Crippen molar-refractivity contribution in [2.75, 3.05) is 37.3 Å². The zero-order valence-corrected chi connectivity index (χ0v) is 18.2. The van der Waals surface area contributed by atoms with E-state index in [-0.39, 0.29) is 30.2 Å². The molecule has 0 spiro atoms. The van der Waals surface area contributed by atoms with Gasteiger partial charge >= 0.3 is 0 Å². The summed E-state index contributed by atoms with van der Waals surface area (Å²) in [6.45, 7) is 2.96. The van der Waals surface area contributed by atoms with Gasteiger partial charge in [0, 0.05) is 30.1 Å². The second-order valence-electron chi connectivity index (χ2n) is 7.98. The Morgan fingerprint density at radius 1 is 1.20 bits per heavy atom. The van der Waals surface area contributed by atoms with Crippen LogP contribution in [-0.2, 0) is 9.59 Å². The molecule has 0 radical (unpaired) electrons. The van der Waals surface area contributed by atoms with E-state index in [1.54, 1.807) is 22.9 Å². The number of hydrogen-bond donors (Lipinski definition) is 1. The van der Waals surface area contributed by atoms with E-state index >= 15 is 0 Å². The lowest BCUT2D eigenvalue weighted by atomic mass is 10.1. The Labute approximate surface area is 182 Å². The van der Waals surface area contributed by atoms with Crippen LogP contribution in [0.2, 0.25) is 0 Å². The van der Waals surface area contributed by atoms with E-state index in [1.807, 2.05) is 42.7 Å². The molecular formula is C23H29N3O3S. The van der Waals surface area contributed by atoms with Crippen LogP contribution in [-0.4, -0.2) is 49.1 Å². The Balaban J connectivity index is 1.37. The lowest BCUT2D eigenvalue weighted by Gasteiger charge is -2.33. The maximum Gasteiger partial charge on any atom is 0.227 e. The highest BCUT2D eigenvalue weighted by molar-refractivity contribution is 7.98. The summed E-state index contributed by atoms with van der Waals surface area (Å²) < 4.78 is 5.66. The van der Waals surface area contributed by atoms with Crippen molar-refractivity contribution >= 4 is 29.3 Å². The largest absolute Gasteiger partial charge is 0.468 e. The van der Waals surface area contributed by atoms with Gasteiger partial charge in [0.2, 0.25) is 11.8 Å². The third-order valence-corrected chi connectivity index (χ3v) is 6.80. The monoisotopic (exact) mass is 427 g/mol. The molecule has 3 heterocycles. The fraction of sp³-hybridized carbons (Fsp3) is 0.478. The Kier molecular flexibility index (Phi) is 6.79. The number of nitrogens with one attached hydrogen (secondary N) is 1. The van der Waals surface area contributed by atoms with Crippen molar-refractivity contribution < 1.29 is 14.0 Å². The van der Waals surface area contributed by atoms with Crippen LogP contribution in [0.3, 0.4) is 0 Å². The number of carbonyl (C=O) groups is 2. The number of thioether (sulfide) groups is 1. The Hall–Kier alpha value is -2.25. The standard InChI is InChI=1S/C23H29N3O3S/c1-30-19-9-7-18(8-10-19)26-16-17(14-22(26)27)23(28)24-15-20(21-6-5-13-29-21)25-11-3-2-4-12-25/h5-10,13,17,20H,2-4,11-12,14-16H2,1H3,(H,24,28). The van der Waals surface area contributed by atoms with Crippen molar-refractivity contribution in [3.63, 3.8) is 0 Å². The fourth-order valence-electron chi connectivity index (χ4n) is 4.36. The summed E-state index contributed by atoms with van der Waals surface area (Å²) in [5.41, 5.74) is 0.856. The van der Waals surface area contributed by atoms with Crippen LogP contribution in [0.25, 0.3) is 0 Å². The van der Waals surface area contributed by atoms with Gasteiger partial charge in [-0.1, -0.05) is 6.42 Å². The SMILES string of the molecule is CSc1ccc(N2CC(C(=O)NCC(c3ccco3)N3CCCCC3)CC2=O)cc1. The van der Waals surface area contributed by atoms with Gasteiger partial charge in [0.05, 0.1) is 18.2 Å². The van der Waals surface area contributed by atoms with E-state index in [9.17, 15) is 9.59 Å². The van der Waals surface area contributed by atoms with Gasteiger partial charge in [-0.05, 0) is 68.6 Å². The third kappa shape index (κ3) is 4.73. The first-order chi connectivity index (χ1) is 14.7. The summed E-state index contributed by atoms with van der Waals surface area (Å²) in [6.07, 6.45) is 7.57. The highest BCUT2D eigenvalue weighted by Crippen LogP contribution is 2.28. The van der Waals surface area contributed by atoms with Crippen LogP contribution in [0.4, 0.5) is 5.69 Å². The molecule has 2 aromatic rings. The predicted octanol–water partition coefficient (Wildman–Crippen LogP) is 3.70. The molecule has 0 aliphatic carbocycles. The van der Waals surface area contributed by atoms with Gasteiger partial charge in [0.15, 0.2) is 0 Å². The first kappa shape index (κ1) is 21.0. The molecule has 2 aliphatic heterocycles. The summed E-state index contributed by atoms with van der Waals surface area (Å²) >= 11 is 1.67. The van der Waals surface area contributed by atoms with Gasteiger partial charge in [-0.3, -0.25) is 14.5 Å². The first-order valence-corrected chi connectivity index (χ1v) is 11.9. The van der Waals surface area contributed by atoms with Crippen LogP contribution < -0.4 is 10.2 Å². The molecule has 4 rings (SSSR count). The number of piperidine rings is 1. The zero-order valence-electron chi connectivity index (χ0n) is 17.4. The smallest absolute Gasteiger partial charge is 0.227 e. The van der Waals surface area contributed by atoms with Crippen molar-refractivity contribution in [2.45, 2.75) is 36.6 Å². The number of hydrogen-bond acceptors (Lipinski definition) is 5. The number of anilines is 1. The molecule has 160 valence electrons. The van der Waals surface area contributed by atoms with Crippen LogP contribution >= 0.6 is 11.8 Å². The molecule has 0 saturated carbocycles. The molecule has 0 bridgehead atoms. The highest BCUT2D eigenvalue weighted by Gasteiger charge is 2.35. The van der Waals surface area contributed by atoms with Crippen LogP contribution in [0, 0.1) is 5.92 Å². The fourth-order valence-corrected chi connectivity index (χ4v) is 4.77. The number of nitrogens with zero attached hydrogens (tertiary/aromatic N) is 2. The van der Waals surface area contributed by atoms with E-state index in [0.717, 1.165) is 29.4 Å². The third-order valence-electron chi connectivity index (χ3n) is 6.05. The van der Waals surface area contributed by atoms with Gasteiger partial charge in [-0.2, -0.15) is 0 Å². The van der Waals surface area contributed by atoms with Gasteiger partial charge in [0.25, 0.3) is 0 Å². The highest BCUT2D eigenvalue weighted by atomic mass is 32.2. The van der Waals surface area contributed by atoms with Crippen molar-refractivity contribution in [3.8, 4) is 0 Å². The predicted molar refractivity (Wildman–Crippen MR) is 119 cm³/mol. The number of furan rings is 1. The van der Waals surface area contributed by atoms with E-state index < -0.39 is 0 Å². The summed E-state index contributed by atoms with van der Waals surface area (Å²) in [5.74, 6) is 0.511. The second kappa shape index (κ2) is 9.71. The maximum atomic E-state index is 12.9. The normalized spacial score (nSPS) is 21.0. The van der Waals surface area contributed by atoms with Gasteiger partial charge < -0.3 is 14.6 Å². The van der Waals surface area contributed by atoms with Gasteiger partial charge in [-0.25, -0.2) is 0 Å². The van der Waals surface area contributed by atoms with Crippen molar-refractivity contribution in [2.24, 2.45) is 5.92 Å². The Morgan fingerprint density at radius 2 is 1.97 bits per heavy atom. The minimum atomic E-state index is -0.323. The average Bonchev–Trinajstić information content (AvgIpc) is 3.45. The number of benzene rings is 1. The van der Waals surface area contributed by atoms with Crippen molar-refractivity contribution in [3.05, 3.63) is 48.4 Å². The second-order valence-corrected chi connectivity index (χ2v) is 8.86. The summed E-state index contributed by atoms with van der Waals surface area (Å²) in [7, 11) is 0. The quantitative estimate of drug-likeness (QED) is 0.683. The van der Waals surface area contributed by atoms with E-state index in [1.165, 1.54) is 19.3 Å². The van der Waals surface area contributed by atoms with Gasteiger partial charge in [0.1, 0.15) is 5.76 Å². The molecule has 1 aromatic heterocycles. The molecule has 2 atom stereocenters. The molecule has 6 nitrogen and oxygen atoms in total. The lowest BCUT2D eigenvalue weighted by molar-refractivity contribution is -0.126. The Morgan fingerprint density at radius 3 is 2.63 bits per heavy atom. The zero-order chi connectivity index (χ0) is 20.9. The molecule has 2 fully saturated rings. The molecular weight excluding hydrogens is 398 g/mol. The molecule has 30 heavy (non-hydrogen) atoms. The number of carbonyl (C=O) groups excluding carboxylic acids is 2. The van der Waals surface area contributed by atoms with Crippen LogP contribution in [0.5, 0.6) is 0 Å². The number of likely N-dealkylation sites (tertiary alicyclic amines) is 1. The molecule has 2 amide bonds. The van der Waals surface area contributed by atoms with Crippen molar-refractivity contribution in [1.29, 1.82) is 0 Å². The number of amides is 2. The lowest BCUT2D eigenvalue weighted by Crippen LogP contribution is -2.42. The van der Waals surface area contributed by atoms with Crippen molar-refractivity contribution in [1.82, 2.24) is 10.2 Å². The molecule has 1 N–H and O–H groups in total. The molecule has 2 saturated heterocycles. The molecule has 2 unspecified atom stereocenters. The van der Waals surface area contributed by atoms with Gasteiger partial charge in [-0.15, -0.1) is 11.8 Å². The number of rotatable bonds is 7. The topological polar surface area (TPSA) is 65.8 Å². The van der Waals surface area contributed by atoms with Crippen LogP contribution in [0.15, 0.2) is 52.0 Å².